The van der Waals surface area contributed by atoms with Gasteiger partial charge in [0.25, 0.3) is 0 Å². The lowest BCUT2D eigenvalue weighted by atomic mass is 10.1. The molecule has 0 aliphatic rings. The van der Waals surface area contributed by atoms with Crippen molar-refractivity contribution >= 4 is 11.3 Å². The highest BCUT2D eigenvalue weighted by Gasteiger charge is 2.15. The molecule has 0 aliphatic heterocycles. The minimum Gasteiger partial charge on any atom is -0.309 e. The number of nitrogens with one attached hydrogen (secondary N) is 1. The van der Waals surface area contributed by atoms with Crippen molar-refractivity contribution in [1.29, 1.82) is 0 Å². The van der Waals surface area contributed by atoms with E-state index in [9.17, 15) is 0 Å². The third-order valence-corrected chi connectivity index (χ3v) is 3.71. The summed E-state index contributed by atoms with van der Waals surface area (Å²) in [6, 6.07) is 4.61. The van der Waals surface area contributed by atoms with Crippen LogP contribution >= 0.6 is 11.3 Å². The Balaban J connectivity index is 2.08. The molecule has 5 heteroatoms. The largest absolute Gasteiger partial charge is 0.309 e. The zero-order valence-corrected chi connectivity index (χ0v) is 11.1. The highest BCUT2D eigenvalue weighted by molar-refractivity contribution is 7.10. The number of hydrogen-bond acceptors (Lipinski definition) is 4. The summed E-state index contributed by atoms with van der Waals surface area (Å²) in [7, 11) is 1.94. The van der Waals surface area contributed by atoms with Gasteiger partial charge < -0.3 is 5.32 Å². The van der Waals surface area contributed by atoms with Crippen molar-refractivity contribution in [2.24, 2.45) is 7.05 Å². The van der Waals surface area contributed by atoms with Gasteiger partial charge in [-0.1, -0.05) is 13.0 Å². The maximum absolute atomic E-state index is 4.29. The van der Waals surface area contributed by atoms with Crippen LogP contribution in [-0.4, -0.2) is 21.3 Å². The fourth-order valence-electron chi connectivity index (χ4n) is 1.77. The van der Waals surface area contributed by atoms with Gasteiger partial charge in [0.1, 0.15) is 12.2 Å². The van der Waals surface area contributed by atoms with E-state index in [1.165, 1.54) is 4.88 Å². The van der Waals surface area contributed by atoms with Crippen LogP contribution in [0.25, 0.3) is 0 Å². The third-order valence-electron chi connectivity index (χ3n) is 2.72. The molecule has 0 saturated heterocycles. The summed E-state index contributed by atoms with van der Waals surface area (Å²) in [6.07, 6.45) is 3.64. The smallest absolute Gasteiger partial charge is 0.138 e. The molecular formula is C12H18N4S. The molecule has 92 valence electrons. The fraction of sp³-hybridized carbons (Fsp3) is 0.500. The van der Waals surface area contributed by atoms with Gasteiger partial charge in [0, 0.05) is 24.4 Å². The molecule has 0 aliphatic carbocycles. The second-order valence-corrected chi connectivity index (χ2v) is 5.01. The molecule has 0 saturated carbocycles. The average molecular weight is 250 g/mol. The van der Waals surface area contributed by atoms with Gasteiger partial charge in [-0.15, -0.1) is 11.3 Å². The zero-order valence-electron chi connectivity index (χ0n) is 10.3. The Morgan fingerprint density at radius 2 is 2.41 bits per heavy atom. The molecule has 0 fully saturated rings. The monoisotopic (exact) mass is 250 g/mol. The molecule has 2 heterocycles. The Hall–Kier alpha value is -1.20. The topological polar surface area (TPSA) is 42.7 Å². The van der Waals surface area contributed by atoms with Gasteiger partial charge in [-0.3, -0.25) is 4.68 Å². The van der Waals surface area contributed by atoms with Crippen LogP contribution in [0.1, 0.15) is 30.1 Å². The predicted molar refractivity (Wildman–Crippen MR) is 70.1 cm³/mol. The van der Waals surface area contributed by atoms with E-state index in [2.05, 4.69) is 39.8 Å². The van der Waals surface area contributed by atoms with Crippen LogP contribution in [0.5, 0.6) is 0 Å². The number of rotatable bonds is 6. The molecule has 0 aromatic carbocycles. The predicted octanol–water partition coefficient (Wildman–Crippen LogP) is 2.16. The standard InChI is InChI=1S/C12H18N4S/c1-3-6-13-10(11-5-4-7-17-11)8-12-14-9-15-16(12)2/h4-5,7,9-10,13H,3,6,8H2,1-2H3. The van der Waals surface area contributed by atoms with Gasteiger partial charge in [0.2, 0.25) is 0 Å². The first-order valence-electron chi connectivity index (χ1n) is 5.91. The summed E-state index contributed by atoms with van der Waals surface area (Å²) in [6.45, 7) is 3.21. The van der Waals surface area contributed by atoms with Gasteiger partial charge in [-0.05, 0) is 24.4 Å². The Morgan fingerprint density at radius 1 is 1.53 bits per heavy atom. The average Bonchev–Trinajstić information content (AvgIpc) is 2.96. The normalized spacial score (nSPS) is 12.8. The van der Waals surface area contributed by atoms with E-state index < -0.39 is 0 Å². The summed E-state index contributed by atoms with van der Waals surface area (Å²) in [4.78, 5) is 5.65. The minimum absolute atomic E-state index is 0.345. The second-order valence-electron chi connectivity index (χ2n) is 4.03. The molecule has 17 heavy (non-hydrogen) atoms. The van der Waals surface area contributed by atoms with Crippen LogP contribution in [-0.2, 0) is 13.5 Å². The molecule has 1 atom stereocenters. The van der Waals surface area contributed by atoms with Crippen molar-refractivity contribution in [1.82, 2.24) is 20.1 Å². The van der Waals surface area contributed by atoms with Gasteiger partial charge in [-0.25, -0.2) is 4.98 Å². The maximum Gasteiger partial charge on any atom is 0.138 e. The first-order chi connectivity index (χ1) is 8.31. The summed E-state index contributed by atoms with van der Waals surface area (Å²) >= 11 is 1.79. The van der Waals surface area contributed by atoms with Crippen LogP contribution in [0.2, 0.25) is 0 Å². The van der Waals surface area contributed by atoms with Crippen LogP contribution in [0, 0.1) is 0 Å². The highest BCUT2D eigenvalue weighted by Crippen LogP contribution is 2.22. The van der Waals surface area contributed by atoms with E-state index >= 15 is 0 Å². The van der Waals surface area contributed by atoms with Crippen LogP contribution in [0.4, 0.5) is 0 Å². The number of thiophene rings is 1. The molecular weight excluding hydrogens is 232 g/mol. The van der Waals surface area contributed by atoms with Crippen molar-refractivity contribution < 1.29 is 0 Å². The van der Waals surface area contributed by atoms with Gasteiger partial charge >= 0.3 is 0 Å². The van der Waals surface area contributed by atoms with E-state index in [-0.39, 0.29) is 0 Å². The van der Waals surface area contributed by atoms with Crippen LogP contribution < -0.4 is 5.32 Å². The molecule has 4 nitrogen and oxygen atoms in total. The molecule has 2 rings (SSSR count). The summed E-state index contributed by atoms with van der Waals surface area (Å²) in [5.41, 5.74) is 0. The second kappa shape index (κ2) is 5.93. The Kier molecular flexibility index (Phi) is 4.28. The summed E-state index contributed by atoms with van der Waals surface area (Å²) in [5.74, 6) is 1.02. The number of hydrogen-bond donors (Lipinski definition) is 1. The van der Waals surface area contributed by atoms with E-state index in [4.69, 9.17) is 0 Å². The molecule has 1 unspecified atom stereocenters. The molecule has 0 radical (unpaired) electrons. The molecule has 1 N–H and O–H groups in total. The number of aromatic nitrogens is 3. The summed E-state index contributed by atoms with van der Waals surface area (Å²) in [5, 5.41) is 9.80. The Morgan fingerprint density at radius 3 is 3.00 bits per heavy atom. The Labute approximate surface area is 106 Å². The Bertz CT molecular complexity index is 435. The fourth-order valence-corrected chi connectivity index (χ4v) is 2.57. The van der Waals surface area contributed by atoms with Crippen LogP contribution in [0.15, 0.2) is 23.8 Å². The first kappa shape index (κ1) is 12.3. The number of aryl methyl sites for hydroxylation is 1. The van der Waals surface area contributed by atoms with Crippen molar-refractivity contribution in [2.45, 2.75) is 25.8 Å². The summed E-state index contributed by atoms with van der Waals surface area (Å²) < 4.78 is 1.84. The minimum atomic E-state index is 0.345. The molecule has 0 bridgehead atoms. The van der Waals surface area contributed by atoms with Crippen molar-refractivity contribution in [3.05, 3.63) is 34.5 Å². The quantitative estimate of drug-likeness (QED) is 0.854. The molecule has 0 spiro atoms. The lowest BCUT2D eigenvalue weighted by Gasteiger charge is -2.16. The SMILES string of the molecule is CCCNC(Cc1ncnn1C)c1cccs1. The van der Waals surface area contributed by atoms with Crippen LogP contribution in [0.3, 0.4) is 0 Å². The van der Waals surface area contributed by atoms with Gasteiger partial charge in [0.05, 0.1) is 0 Å². The molecule has 2 aromatic heterocycles. The van der Waals surface area contributed by atoms with Crippen molar-refractivity contribution in [3.8, 4) is 0 Å². The van der Waals surface area contributed by atoms with E-state index in [0.29, 0.717) is 6.04 Å². The first-order valence-corrected chi connectivity index (χ1v) is 6.79. The van der Waals surface area contributed by atoms with E-state index in [1.54, 1.807) is 17.7 Å². The van der Waals surface area contributed by atoms with Gasteiger partial charge in [0.15, 0.2) is 0 Å². The van der Waals surface area contributed by atoms with Gasteiger partial charge in [-0.2, -0.15) is 5.10 Å². The number of nitrogens with zero attached hydrogens (tertiary/aromatic N) is 3. The van der Waals surface area contributed by atoms with E-state index in [0.717, 1.165) is 25.2 Å². The maximum atomic E-state index is 4.29. The van der Waals surface area contributed by atoms with Crippen molar-refractivity contribution in [3.63, 3.8) is 0 Å². The lowest BCUT2D eigenvalue weighted by molar-refractivity contribution is 0.513. The van der Waals surface area contributed by atoms with E-state index in [1.807, 2.05) is 11.7 Å². The highest BCUT2D eigenvalue weighted by atomic mass is 32.1. The lowest BCUT2D eigenvalue weighted by Crippen LogP contribution is -2.24. The van der Waals surface area contributed by atoms with Crippen molar-refractivity contribution in [2.75, 3.05) is 6.54 Å². The molecule has 2 aromatic rings. The third kappa shape index (κ3) is 3.14. The molecule has 0 amide bonds. The zero-order chi connectivity index (χ0) is 12.1.